The molecule has 0 aliphatic rings. The van der Waals surface area contributed by atoms with Gasteiger partial charge >= 0.3 is 52.9 Å². The van der Waals surface area contributed by atoms with Gasteiger partial charge in [0.1, 0.15) is 63.7 Å². The summed E-state index contributed by atoms with van der Waals surface area (Å²) < 4.78 is 122. The number of aliphatic imine (C=N–C) groups is 3. The van der Waals surface area contributed by atoms with Crippen LogP contribution in [0.15, 0.2) is 148 Å². The third kappa shape index (κ3) is 45.9. The number of rotatable bonds is 36. The molecule has 1 aromatic carbocycles. The van der Waals surface area contributed by atoms with Crippen LogP contribution in [0.5, 0.6) is 0 Å². The van der Waals surface area contributed by atoms with Crippen molar-refractivity contribution in [1.82, 2.24) is 38.9 Å². The second-order valence-corrected chi connectivity index (χ2v) is 26.5. The quantitative estimate of drug-likeness (QED) is 0.00376. The van der Waals surface area contributed by atoms with Crippen LogP contribution >= 0.6 is 59.0 Å². The fourth-order valence-electron chi connectivity index (χ4n) is 8.23. The molecule has 0 saturated heterocycles. The molecule has 115 heavy (non-hydrogen) atoms. The number of alkyl halides is 1. The van der Waals surface area contributed by atoms with Crippen LogP contribution in [0.3, 0.4) is 0 Å². The molecule has 5 aromatic rings. The van der Waals surface area contributed by atoms with Crippen molar-refractivity contribution in [2.24, 2.45) is 49.4 Å². The van der Waals surface area contributed by atoms with Gasteiger partial charge in [-0.2, -0.15) is 0 Å². The van der Waals surface area contributed by atoms with Crippen molar-refractivity contribution in [3.63, 3.8) is 0 Å². The summed E-state index contributed by atoms with van der Waals surface area (Å²) in [6.07, 6.45) is 12.7. The number of halogens is 10. The number of carboxylic acids is 1. The van der Waals surface area contributed by atoms with Gasteiger partial charge < -0.3 is 58.5 Å². The number of benzene rings is 1. The number of carboxylic acid groups (broad SMARTS) is 1. The average Bonchev–Trinajstić information content (AvgIpc) is 1.78. The van der Waals surface area contributed by atoms with E-state index in [4.69, 9.17) is 55.8 Å². The van der Waals surface area contributed by atoms with Crippen molar-refractivity contribution < 1.29 is 92.5 Å². The van der Waals surface area contributed by atoms with Crippen LogP contribution in [0, 0.1) is 27.7 Å². The van der Waals surface area contributed by atoms with Gasteiger partial charge in [0.2, 0.25) is 0 Å². The van der Waals surface area contributed by atoms with Gasteiger partial charge in [-0.3, -0.25) is 70.5 Å². The van der Waals surface area contributed by atoms with Crippen molar-refractivity contribution in [2.45, 2.75) is 188 Å². The summed E-state index contributed by atoms with van der Waals surface area (Å²) in [5, 5.41) is 23.0. The second-order valence-electron chi connectivity index (χ2n) is 24.9. The van der Waals surface area contributed by atoms with E-state index in [9.17, 15) is 69.5 Å². The SMILES string of the molecule is CC(N)=NC/C(F)=C\CCC(C)(N)C(=O)O.COC(=O)C(C)(N)CC/C=C(/F)CN=C(C)N.COC(=O)C(C)(N)CC/C=C(/F)Cn1c(C)noc1=O.COC(=O)C(CC/C=C(/F)Cn1c(C)noc1=O)N=Cc1ccc(Cl)cc1.COC(=O)C(N)CC/C=C(/F)Cn1c(C)noc1=O.Cc1noc(=O)n1C/C(F)=C\CCI.Cl.Cl. The Morgan fingerprint density at radius 2 is 0.826 bits per heavy atom. The molecule has 646 valence electrons. The molecule has 0 aliphatic carbocycles. The normalized spacial score (nSPS) is 14.2. The van der Waals surface area contributed by atoms with E-state index in [1.165, 1.54) is 106 Å². The number of carbonyl (C=O) groups excluding carboxylic acids is 4. The number of hydrogen-bond donors (Lipinski definition) is 7. The van der Waals surface area contributed by atoms with Crippen molar-refractivity contribution in [1.29, 1.82) is 0 Å². The van der Waals surface area contributed by atoms with E-state index >= 15 is 0 Å². The minimum absolute atomic E-state index is 0. The molecule has 4 aromatic heterocycles. The van der Waals surface area contributed by atoms with Gasteiger partial charge in [-0.25, -0.2) is 50.3 Å². The van der Waals surface area contributed by atoms with E-state index in [0.717, 1.165) is 28.3 Å². The number of carbonyl (C=O) groups is 5. The monoisotopic (exact) mass is 1820 g/mol. The lowest BCUT2D eigenvalue weighted by Crippen LogP contribution is -2.45. The van der Waals surface area contributed by atoms with Gasteiger partial charge in [0.25, 0.3) is 0 Å². The Morgan fingerprint density at radius 3 is 1.11 bits per heavy atom. The summed E-state index contributed by atoms with van der Waals surface area (Å²) in [7, 11) is 5.01. The number of amidine groups is 2. The van der Waals surface area contributed by atoms with E-state index in [1.54, 1.807) is 52.0 Å². The topological polar surface area (TPSA) is 528 Å². The van der Waals surface area contributed by atoms with Gasteiger partial charge in [-0.05, 0) is 151 Å². The van der Waals surface area contributed by atoms with Crippen LogP contribution in [0.2, 0.25) is 5.02 Å². The standard InChI is InChI=1S/C18H19ClFN3O4.C12H18FN3O4.C11H16FN3O4.C11H20FN3O2.C10H18FN3O2.C8H10FIN2O2.2ClH/c1-12-22-27-18(25)23(12)11-15(20)4-3-5-16(17(24)26-2)21-10-13-6-8-14(19)9-7-13;1-8-15-20-11(18)16(8)7-9(13)5-4-6-12(2,14)10(17)19-3;1-7-14-19-11(17)15(7)6-8(12)4-3-5-9(13)10(16)18-2;1-8(13)15-7-9(12)5-4-6-11(2,14)10(16)17-3;1-7(12)14-6-8(11)4-3-5-10(2,13)9(15)16;1-6-11-14-8(13)12(6)5-7(9)3-2-4-10;;/h4,6-10,16H,3,5,11H2,1-2H3;5H,4,6-7,14H2,1-3H3;4,9H,3,5-6,13H2,1-2H3;5H,4,6-7,14H2,1-3H3,(H2,13,15);4H,3,5-6,13H2,1-2H3,(H2,12,14)(H,15,16);3H,2,4-5H2,1H3;2*1H/b15-4+,21-10?;9-5+;8-4+;9-5+;8-4+;7-3+;;. The van der Waals surface area contributed by atoms with E-state index < -0.39 is 111 Å². The number of aliphatic carboxylic acids is 1. The Hall–Kier alpha value is -9.60. The molecule has 0 radical (unpaired) electrons. The lowest BCUT2D eigenvalue weighted by molar-refractivity contribution is -0.147. The maximum Gasteiger partial charge on any atom is 0.441 e. The van der Waals surface area contributed by atoms with E-state index in [2.05, 4.69) is 90.5 Å². The lowest BCUT2D eigenvalue weighted by Gasteiger charge is -2.20. The van der Waals surface area contributed by atoms with Crippen LogP contribution in [0.25, 0.3) is 0 Å². The van der Waals surface area contributed by atoms with Gasteiger partial charge in [-0.1, -0.05) is 103 Å². The van der Waals surface area contributed by atoms with Crippen LogP contribution in [0.4, 0.5) is 26.3 Å². The van der Waals surface area contributed by atoms with Crippen LogP contribution < -0.4 is 57.4 Å². The number of aromatic nitrogens is 8. The molecule has 45 heteroatoms. The molecule has 5 unspecified atom stereocenters. The summed E-state index contributed by atoms with van der Waals surface area (Å²) >= 11 is 7.98. The molecule has 0 amide bonds. The number of esters is 4. The molecule has 0 saturated carbocycles. The molecule has 0 spiro atoms. The largest absolute Gasteiger partial charge is 0.480 e. The molecule has 0 fully saturated rings. The van der Waals surface area contributed by atoms with Crippen LogP contribution in [0.1, 0.15) is 134 Å². The zero-order valence-corrected chi connectivity index (χ0v) is 70.4. The number of aryl methyl sites for hydroxylation is 4. The number of hydrogen-bond acceptors (Lipinski definition) is 28. The Morgan fingerprint density at radius 1 is 0.522 bits per heavy atom. The molecular formula is C70H103Cl3F6IN17O18. The maximum atomic E-state index is 14.0. The summed E-state index contributed by atoms with van der Waals surface area (Å²) in [6.45, 7) is 12.7. The lowest BCUT2D eigenvalue weighted by atomic mass is 9.97. The van der Waals surface area contributed by atoms with Gasteiger partial charge in [0.15, 0.2) is 23.3 Å². The average molecular weight is 1820 g/mol. The zero-order valence-electron chi connectivity index (χ0n) is 65.8. The minimum atomic E-state index is -1.33. The van der Waals surface area contributed by atoms with Crippen molar-refractivity contribution in [3.8, 4) is 0 Å². The van der Waals surface area contributed by atoms with E-state index in [1.807, 2.05) is 0 Å². The van der Waals surface area contributed by atoms with Crippen molar-refractivity contribution in [3.05, 3.63) is 172 Å². The number of methoxy groups -OCH3 is 4. The van der Waals surface area contributed by atoms with Crippen molar-refractivity contribution in [2.75, 3.05) is 46.0 Å². The van der Waals surface area contributed by atoms with E-state index in [-0.39, 0.29) is 133 Å². The molecule has 4 heterocycles. The predicted molar refractivity (Wildman–Crippen MR) is 430 cm³/mol. The predicted octanol–water partition coefficient (Wildman–Crippen LogP) is 8.39. The van der Waals surface area contributed by atoms with E-state index in [0.29, 0.717) is 47.6 Å². The molecular weight excluding hydrogens is 1710 g/mol. The highest BCUT2D eigenvalue weighted by molar-refractivity contribution is 14.1. The minimum Gasteiger partial charge on any atom is -0.480 e. The Labute approximate surface area is 689 Å². The summed E-state index contributed by atoms with van der Waals surface area (Å²) in [5.41, 5.74) is 30.1. The van der Waals surface area contributed by atoms with Crippen LogP contribution in [-0.4, -0.2) is 166 Å². The first-order valence-corrected chi connectivity index (χ1v) is 36.0. The maximum absolute atomic E-state index is 14.0. The highest BCUT2D eigenvalue weighted by Crippen LogP contribution is 2.18. The summed E-state index contributed by atoms with van der Waals surface area (Å²) in [5.74, 6) is -6.89. The Balaban J connectivity index is -0.00000132. The molecule has 5 atom stereocenters. The summed E-state index contributed by atoms with van der Waals surface area (Å²) in [6, 6.07) is 5.40. The molecule has 13 N–H and O–H groups in total. The van der Waals surface area contributed by atoms with Gasteiger partial charge in [0.05, 0.1) is 79.4 Å². The first kappa shape index (κ1) is 110. The molecule has 5 rings (SSSR count). The molecule has 0 bridgehead atoms. The van der Waals surface area contributed by atoms with Crippen molar-refractivity contribution >= 4 is 107 Å². The second kappa shape index (κ2) is 57.4. The molecule has 35 nitrogen and oxygen atoms in total. The fourth-order valence-corrected chi connectivity index (χ4v) is 8.66. The highest BCUT2D eigenvalue weighted by Gasteiger charge is 2.30. The fraction of sp³-hybridized carbons (Fsp3) is 0.514. The van der Waals surface area contributed by atoms with Crippen LogP contribution in [-0.2, 0) is 69.1 Å². The first-order valence-electron chi connectivity index (χ1n) is 34.1. The Kier molecular flexibility index (Phi) is 54.7. The number of nitrogens with two attached hydrogens (primary N) is 6. The zero-order chi connectivity index (χ0) is 86.4. The summed E-state index contributed by atoms with van der Waals surface area (Å²) in [4.78, 5) is 112. The smallest absolute Gasteiger partial charge is 0.441 e. The number of allylic oxidation sites excluding steroid dienone is 10. The number of ether oxygens (including phenoxy) is 4. The highest BCUT2D eigenvalue weighted by atomic mass is 127. The third-order valence-corrected chi connectivity index (χ3v) is 15.8. The first-order chi connectivity index (χ1) is 52.8. The van der Waals surface area contributed by atoms with Gasteiger partial charge in [-0.15, -0.1) is 24.8 Å². The molecule has 0 aliphatic heterocycles. The number of nitrogens with zero attached hydrogens (tertiary/aromatic N) is 11. The van der Waals surface area contributed by atoms with Gasteiger partial charge in [0, 0.05) is 15.7 Å². The third-order valence-electron chi connectivity index (χ3n) is 14.9. The Bertz CT molecular complexity index is 4360.